The molecule has 12 aliphatic carbocycles. The highest BCUT2D eigenvalue weighted by atomic mass is 16.3. The molecule has 7 heteroatoms. The number of ketones is 1. The van der Waals surface area contributed by atoms with Crippen molar-refractivity contribution in [3.63, 3.8) is 0 Å². The molecule has 0 amide bonds. The minimum Gasteiger partial charge on any atom is -0.393 e. The third-order valence-electron chi connectivity index (χ3n) is 25.9. The smallest absolute Gasteiger partial charge is 0.133 e. The molecule has 70 heavy (non-hydrogen) atoms. The van der Waals surface area contributed by atoms with Gasteiger partial charge >= 0.3 is 0 Å². The van der Waals surface area contributed by atoms with Gasteiger partial charge in [-0.25, -0.2) is 0 Å². The van der Waals surface area contributed by atoms with Crippen LogP contribution >= 0.6 is 0 Å². The largest absolute Gasteiger partial charge is 0.393 e. The normalized spacial score (nSPS) is 54.9. The van der Waals surface area contributed by atoms with E-state index in [4.69, 9.17) is 0 Å². The van der Waals surface area contributed by atoms with E-state index in [1.54, 1.807) is 6.92 Å². The summed E-state index contributed by atoms with van der Waals surface area (Å²) in [6, 6.07) is 0. The zero-order valence-electron chi connectivity index (χ0n) is 45.5. The second kappa shape index (κ2) is 18.7. The molecule has 0 unspecified atom stereocenters. The van der Waals surface area contributed by atoms with Crippen molar-refractivity contribution >= 4 is 5.78 Å². The molecule has 12 rings (SSSR count). The number of fused-ring (bicyclic) bond motifs is 15. The summed E-state index contributed by atoms with van der Waals surface area (Å²) in [5, 5.41) is 63.8. The van der Waals surface area contributed by atoms with Gasteiger partial charge in [-0.3, -0.25) is 4.79 Å². The summed E-state index contributed by atoms with van der Waals surface area (Å²) in [6.07, 6.45) is 30.5. The lowest BCUT2D eigenvalue weighted by molar-refractivity contribution is -0.140. The number of hydrogen-bond acceptors (Lipinski definition) is 7. The van der Waals surface area contributed by atoms with Crippen molar-refractivity contribution in [1.29, 1.82) is 0 Å². The van der Waals surface area contributed by atoms with Gasteiger partial charge in [-0.15, -0.1) is 0 Å². The number of Topliss-reactive ketones (excluding diaryl/α,β-unsaturated/α-hetero) is 1. The maximum atomic E-state index is 12.2. The van der Waals surface area contributed by atoms with Gasteiger partial charge in [0.05, 0.1) is 36.6 Å². The summed E-state index contributed by atoms with van der Waals surface area (Å²) in [4.78, 5) is 12.2. The quantitative estimate of drug-likeness (QED) is 0.155. The molecular formula is C63H100O7. The molecule has 0 radical (unpaired) electrons. The first kappa shape index (κ1) is 52.1. The van der Waals surface area contributed by atoms with Crippen LogP contribution in [0.25, 0.3) is 0 Å². The van der Waals surface area contributed by atoms with Gasteiger partial charge in [0, 0.05) is 5.92 Å². The van der Waals surface area contributed by atoms with Crippen LogP contribution in [-0.4, -0.2) is 73.0 Å². The number of aliphatic hydroxyl groups excluding tert-OH is 6. The summed E-state index contributed by atoms with van der Waals surface area (Å²) in [5.74, 6) is 7.13. The first-order chi connectivity index (χ1) is 33.1. The lowest BCUT2D eigenvalue weighted by atomic mass is 9.46. The molecule has 0 heterocycles. The molecule has 0 aromatic heterocycles. The van der Waals surface area contributed by atoms with Gasteiger partial charge in [0.15, 0.2) is 0 Å². The van der Waals surface area contributed by atoms with Gasteiger partial charge in [0.2, 0.25) is 0 Å². The number of rotatable bonds is 3. The Morgan fingerprint density at radius 2 is 0.786 bits per heavy atom. The second-order valence-corrected chi connectivity index (χ2v) is 28.7. The lowest BCUT2D eigenvalue weighted by Gasteiger charge is -2.59. The summed E-state index contributed by atoms with van der Waals surface area (Å²) >= 11 is 0. The van der Waals surface area contributed by atoms with E-state index in [0.717, 1.165) is 133 Å². The summed E-state index contributed by atoms with van der Waals surface area (Å²) in [7, 11) is 0. The summed E-state index contributed by atoms with van der Waals surface area (Å²) < 4.78 is 0. The zero-order chi connectivity index (χ0) is 50.1. The van der Waals surface area contributed by atoms with Gasteiger partial charge in [0.25, 0.3) is 0 Å². The Labute approximate surface area is 424 Å². The molecule has 0 aliphatic heterocycles. The van der Waals surface area contributed by atoms with Crippen LogP contribution in [0, 0.1) is 104 Å². The standard InChI is InChI=1S/C21H32O3.2C21H34O2/c1-12(22)16-6-7-17-15-5-4-13-10-14(23)8-9-20(13,2)19(15)18(24)11-21(16,17)3;2*1-4-13-6-8-17-16-7-5-14-11-15(22)9-10-20(14,2)19(16)18(23)12-21(13,17)3/h4,14-19,23-24H,5-11H2,1-3H3;2*5,13,15-19,22-23H,4,6-12H2,1-3H3/t14-,15-,16+,17-,18-,19+,20-,21+;2*13-,15-,16-,17-,18-,19+,20-,21+/m000/s1. The third-order valence-corrected chi connectivity index (χ3v) is 25.9. The van der Waals surface area contributed by atoms with E-state index in [1.807, 2.05) is 0 Å². The maximum Gasteiger partial charge on any atom is 0.133 e. The van der Waals surface area contributed by atoms with E-state index in [-0.39, 0.29) is 64.2 Å². The first-order valence-electron chi connectivity index (χ1n) is 29.7. The van der Waals surface area contributed by atoms with Crippen LogP contribution in [-0.2, 0) is 4.79 Å². The van der Waals surface area contributed by atoms with Crippen molar-refractivity contribution < 1.29 is 35.4 Å². The third kappa shape index (κ3) is 7.99. The first-order valence-corrected chi connectivity index (χ1v) is 29.7. The molecule has 6 N–H and O–H groups in total. The predicted molar refractivity (Wildman–Crippen MR) is 279 cm³/mol. The Balaban J connectivity index is 0.000000122. The topological polar surface area (TPSA) is 138 Å². The molecule has 12 aliphatic rings. The molecule has 0 aromatic carbocycles. The Kier molecular flexibility index (Phi) is 13.9. The van der Waals surface area contributed by atoms with Crippen LogP contribution in [0.5, 0.6) is 0 Å². The Morgan fingerprint density at radius 1 is 0.471 bits per heavy atom. The molecule has 0 spiro atoms. The fraction of sp³-hybridized carbons (Fsp3) is 0.889. The molecule has 394 valence electrons. The van der Waals surface area contributed by atoms with Crippen molar-refractivity contribution in [2.75, 3.05) is 0 Å². The van der Waals surface area contributed by atoms with Crippen LogP contribution in [0.15, 0.2) is 34.9 Å². The van der Waals surface area contributed by atoms with Crippen molar-refractivity contribution in [2.45, 2.75) is 247 Å². The average Bonchev–Trinajstić information content (AvgIpc) is 3.95. The molecule has 0 aromatic rings. The lowest BCUT2D eigenvalue weighted by Crippen LogP contribution is -2.56. The number of allylic oxidation sites excluding steroid dienone is 3. The number of carbonyl (C=O) groups is 1. The van der Waals surface area contributed by atoms with Crippen molar-refractivity contribution in [3.05, 3.63) is 34.9 Å². The van der Waals surface area contributed by atoms with Crippen LogP contribution in [0.2, 0.25) is 0 Å². The molecule has 24 atom stereocenters. The fourth-order valence-corrected chi connectivity index (χ4v) is 22.5. The monoisotopic (exact) mass is 969 g/mol. The van der Waals surface area contributed by atoms with E-state index in [1.165, 1.54) is 55.2 Å². The number of aliphatic hydroxyl groups is 6. The van der Waals surface area contributed by atoms with E-state index in [0.29, 0.717) is 58.0 Å². The highest BCUT2D eigenvalue weighted by molar-refractivity contribution is 5.79. The molecule has 0 bridgehead atoms. The van der Waals surface area contributed by atoms with Crippen LogP contribution in [0.4, 0.5) is 0 Å². The van der Waals surface area contributed by atoms with Crippen molar-refractivity contribution in [2.24, 2.45) is 104 Å². The van der Waals surface area contributed by atoms with Crippen LogP contribution in [0.3, 0.4) is 0 Å². The van der Waals surface area contributed by atoms with E-state index in [9.17, 15) is 35.4 Å². The van der Waals surface area contributed by atoms with Gasteiger partial charge in [-0.2, -0.15) is 0 Å². The molecule has 7 nitrogen and oxygen atoms in total. The molecule has 9 saturated carbocycles. The highest BCUT2D eigenvalue weighted by Gasteiger charge is 2.65. The minimum absolute atomic E-state index is 0.0255. The summed E-state index contributed by atoms with van der Waals surface area (Å²) in [6.45, 7) is 20.7. The van der Waals surface area contributed by atoms with Crippen molar-refractivity contribution in [1.82, 2.24) is 0 Å². The fourth-order valence-electron chi connectivity index (χ4n) is 22.5. The molecule has 9 fully saturated rings. The Morgan fingerprint density at radius 3 is 1.11 bits per heavy atom. The SMILES string of the molecule is CC(=O)[C@H]1CC[C@H]2[C@@H]3CC=C4C[C@@H](O)CC[C@]4(C)[C@H]3[C@@H](O)C[C@]12C.CC[C@H]1CC[C@H]2[C@@H]3CC=C4C[C@@H](O)CC[C@]4(C)[C@H]3[C@@H](O)C[C@]12C.CC[C@H]1CC[C@H]2[C@@H]3CC=C4C[C@@H](O)CC[C@]4(C)[C@H]3[C@@H](O)C[C@]12C. The van der Waals surface area contributed by atoms with Crippen molar-refractivity contribution in [3.8, 4) is 0 Å². The number of carbonyl (C=O) groups excluding carboxylic acids is 1. The van der Waals surface area contributed by atoms with Gasteiger partial charge < -0.3 is 30.6 Å². The van der Waals surface area contributed by atoms with Crippen LogP contribution < -0.4 is 0 Å². The van der Waals surface area contributed by atoms with Gasteiger partial charge in [-0.05, 0) is 239 Å². The molecule has 0 saturated heterocycles. The van der Waals surface area contributed by atoms with Crippen LogP contribution in [0.1, 0.15) is 210 Å². The minimum atomic E-state index is -0.319. The predicted octanol–water partition coefficient (Wildman–Crippen LogP) is 12.1. The van der Waals surface area contributed by atoms with Gasteiger partial charge in [-0.1, -0.05) is 103 Å². The Hall–Kier alpha value is -1.35. The Bertz CT molecular complexity index is 1970. The van der Waals surface area contributed by atoms with E-state index >= 15 is 0 Å². The number of hydrogen-bond donors (Lipinski definition) is 6. The highest BCUT2D eigenvalue weighted by Crippen LogP contribution is 2.70. The average molecular weight is 969 g/mol. The maximum absolute atomic E-state index is 12.2. The molecular weight excluding hydrogens is 869 g/mol. The zero-order valence-corrected chi connectivity index (χ0v) is 45.5. The van der Waals surface area contributed by atoms with E-state index < -0.39 is 0 Å². The summed E-state index contributed by atoms with van der Waals surface area (Å²) in [5.41, 5.74) is 5.26. The van der Waals surface area contributed by atoms with E-state index in [2.05, 4.69) is 73.6 Å². The van der Waals surface area contributed by atoms with Gasteiger partial charge in [0.1, 0.15) is 5.78 Å². The second-order valence-electron chi connectivity index (χ2n) is 28.7.